The lowest BCUT2D eigenvalue weighted by molar-refractivity contribution is -0.116. The number of carbonyl (C=O) groups is 1. The van der Waals surface area contributed by atoms with Gasteiger partial charge in [0.15, 0.2) is 9.84 Å². The number of nitrogens with one attached hydrogen (secondary N) is 1. The molecule has 3 rings (SSSR count). The highest BCUT2D eigenvalue weighted by atomic mass is 32.2. The summed E-state index contributed by atoms with van der Waals surface area (Å²) in [5, 5.41) is 1.66. The lowest BCUT2D eigenvalue weighted by Crippen LogP contribution is -2.31. The van der Waals surface area contributed by atoms with E-state index in [1.54, 1.807) is 61.8 Å². The SMILES string of the molecule is COc1ccc(S(=O)(=O)C(CNC(=O)/C=C/c2cc(OC)ccc2OC)c2cccnc2)cc1. The van der Waals surface area contributed by atoms with Crippen molar-refractivity contribution in [1.82, 2.24) is 10.3 Å². The normalized spacial score (nSPS) is 12.2. The molecule has 8 nitrogen and oxygen atoms in total. The van der Waals surface area contributed by atoms with E-state index in [0.717, 1.165) is 0 Å². The number of ether oxygens (including phenoxy) is 3. The highest BCUT2D eigenvalue weighted by Crippen LogP contribution is 2.29. The van der Waals surface area contributed by atoms with Gasteiger partial charge in [0.1, 0.15) is 22.5 Å². The Balaban J connectivity index is 1.81. The Bertz CT molecular complexity index is 1240. The number of hydrogen-bond donors (Lipinski definition) is 1. The number of sulfone groups is 1. The van der Waals surface area contributed by atoms with E-state index in [4.69, 9.17) is 14.2 Å². The quantitative estimate of drug-likeness (QED) is 0.442. The number of rotatable bonds is 10. The molecule has 0 aliphatic carbocycles. The van der Waals surface area contributed by atoms with Crippen LogP contribution in [0.15, 0.2) is 78.0 Å². The maximum Gasteiger partial charge on any atom is 0.244 e. The first-order valence-electron chi connectivity index (χ1n) is 10.3. The molecule has 0 fully saturated rings. The van der Waals surface area contributed by atoms with E-state index in [1.807, 2.05) is 0 Å². The van der Waals surface area contributed by atoms with Crippen molar-refractivity contribution >= 4 is 21.8 Å². The van der Waals surface area contributed by atoms with Crippen molar-refractivity contribution in [3.63, 3.8) is 0 Å². The van der Waals surface area contributed by atoms with Gasteiger partial charge in [-0.2, -0.15) is 0 Å². The third-order valence-corrected chi connectivity index (χ3v) is 7.25. The Labute approximate surface area is 199 Å². The van der Waals surface area contributed by atoms with Crippen LogP contribution >= 0.6 is 0 Å². The molecule has 0 bridgehead atoms. The Morgan fingerprint density at radius 3 is 2.32 bits per heavy atom. The Morgan fingerprint density at radius 2 is 1.71 bits per heavy atom. The first-order chi connectivity index (χ1) is 16.4. The molecule has 178 valence electrons. The number of nitrogens with zero attached hydrogens (tertiary/aromatic N) is 1. The van der Waals surface area contributed by atoms with Gasteiger partial charge in [0.25, 0.3) is 0 Å². The summed E-state index contributed by atoms with van der Waals surface area (Å²) in [6.45, 7) is -0.140. The molecule has 0 spiro atoms. The summed E-state index contributed by atoms with van der Waals surface area (Å²) in [4.78, 5) is 16.7. The molecule has 34 heavy (non-hydrogen) atoms. The summed E-state index contributed by atoms with van der Waals surface area (Å²) in [5.74, 6) is 1.27. The van der Waals surface area contributed by atoms with Crippen LogP contribution in [0.3, 0.4) is 0 Å². The molecule has 3 aromatic rings. The predicted octanol–water partition coefficient (Wildman–Crippen LogP) is 3.45. The maximum absolute atomic E-state index is 13.4. The van der Waals surface area contributed by atoms with Gasteiger partial charge in [0.05, 0.1) is 26.2 Å². The third kappa shape index (κ3) is 5.93. The van der Waals surface area contributed by atoms with Crippen molar-refractivity contribution in [1.29, 1.82) is 0 Å². The molecule has 2 aromatic carbocycles. The van der Waals surface area contributed by atoms with Crippen LogP contribution < -0.4 is 19.5 Å². The van der Waals surface area contributed by atoms with E-state index in [1.165, 1.54) is 38.6 Å². The fraction of sp³-hybridized carbons (Fsp3) is 0.200. The number of methoxy groups -OCH3 is 3. The molecule has 0 radical (unpaired) electrons. The topological polar surface area (TPSA) is 104 Å². The molecule has 9 heteroatoms. The summed E-state index contributed by atoms with van der Waals surface area (Å²) >= 11 is 0. The van der Waals surface area contributed by atoms with Crippen molar-refractivity contribution < 1.29 is 27.4 Å². The molecule has 0 saturated heterocycles. The number of benzene rings is 2. The minimum Gasteiger partial charge on any atom is -0.497 e. The number of carbonyl (C=O) groups excluding carboxylic acids is 1. The first-order valence-corrected chi connectivity index (χ1v) is 11.9. The van der Waals surface area contributed by atoms with Crippen LogP contribution in [0.5, 0.6) is 17.2 Å². The van der Waals surface area contributed by atoms with Gasteiger partial charge in [0, 0.05) is 30.6 Å². The second-order valence-electron chi connectivity index (χ2n) is 7.18. The molecule has 1 aromatic heterocycles. The van der Waals surface area contributed by atoms with Crippen molar-refractivity contribution in [2.45, 2.75) is 10.1 Å². The molecule has 1 atom stereocenters. The van der Waals surface area contributed by atoms with Crippen molar-refractivity contribution in [2.24, 2.45) is 0 Å². The van der Waals surface area contributed by atoms with Gasteiger partial charge in [-0.1, -0.05) is 6.07 Å². The number of aromatic nitrogens is 1. The summed E-state index contributed by atoms with van der Waals surface area (Å²) in [7, 11) is 0.749. The molecular formula is C25H26N2O6S. The molecule has 0 aliphatic rings. The lowest BCUT2D eigenvalue weighted by atomic mass is 10.1. The molecule has 0 saturated carbocycles. The van der Waals surface area contributed by atoms with E-state index in [-0.39, 0.29) is 11.4 Å². The highest BCUT2D eigenvalue weighted by Gasteiger charge is 2.29. The number of amides is 1. The van der Waals surface area contributed by atoms with Gasteiger partial charge in [-0.25, -0.2) is 8.42 Å². The largest absolute Gasteiger partial charge is 0.497 e. The van der Waals surface area contributed by atoms with Crippen LogP contribution in [0.2, 0.25) is 0 Å². The van der Waals surface area contributed by atoms with Gasteiger partial charge in [0.2, 0.25) is 5.91 Å². The molecule has 0 aliphatic heterocycles. The van der Waals surface area contributed by atoms with Crippen LogP contribution in [0.1, 0.15) is 16.4 Å². The van der Waals surface area contributed by atoms with E-state index in [0.29, 0.717) is 28.4 Å². The predicted molar refractivity (Wildman–Crippen MR) is 129 cm³/mol. The van der Waals surface area contributed by atoms with Crippen LogP contribution in [0.4, 0.5) is 0 Å². The van der Waals surface area contributed by atoms with Crippen LogP contribution in [0.25, 0.3) is 6.08 Å². The average Bonchev–Trinajstić information content (AvgIpc) is 2.87. The summed E-state index contributed by atoms with van der Waals surface area (Å²) in [5.41, 5.74) is 1.11. The monoisotopic (exact) mass is 482 g/mol. The van der Waals surface area contributed by atoms with Gasteiger partial charge in [-0.15, -0.1) is 0 Å². The zero-order valence-corrected chi connectivity index (χ0v) is 19.9. The second kappa shape index (κ2) is 11.3. The summed E-state index contributed by atoms with van der Waals surface area (Å²) in [6.07, 6.45) is 5.93. The molecule has 1 unspecified atom stereocenters. The maximum atomic E-state index is 13.4. The van der Waals surface area contributed by atoms with Gasteiger partial charge in [-0.3, -0.25) is 9.78 Å². The molecule has 1 amide bonds. The van der Waals surface area contributed by atoms with Gasteiger partial charge < -0.3 is 19.5 Å². The first kappa shape index (κ1) is 24.8. The van der Waals surface area contributed by atoms with E-state index in [2.05, 4.69) is 10.3 Å². The molecule has 1 heterocycles. The van der Waals surface area contributed by atoms with Gasteiger partial charge >= 0.3 is 0 Å². The van der Waals surface area contributed by atoms with E-state index >= 15 is 0 Å². The Morgan fingerprint density at radius 1 is 1.00 bits per heavy atom. The fourth-order valence-electron chi connectivity index (χ4n) is 3.29. The molecule has 1 N–H and O–H groups in total. The number of hydrogen-bond acceptors (Lipinski definition) is 7. The van der Waals surface area contributed by atoms with Crippen molar-refractivity contribution in [2.75, 3.05) is 27.9 Å². The zero-order chi connectivity index (χ0) is 24.6. The van der Waals surface area contributed by atoms with Crippen LogP contribution in [0, 0.1) is 0 Å². The Kier molecular flexibility index (Phi) is 8.26. The van der Waals surface area contributed by atoms with E-state index in [9.17, 15) is 13.2 Å². The number of pyridine rings is 1. The average molecular weight is 483 g/mol. The van der Waals surface area contributed by atoms with Crippen molar-refractivity contribution in [3.05, 3.63) is 84.2 Å². The summed E-state index contributed by atoms with van der Waals surface area (Å²) < 4.78 is 42.5. The lowest BCUT2D eigenvalue weighted by Gasteiger charge is -2.18. The van der Waals surface area contributed by atoms with Crippen LogP contribution in [-0.4, -0.2) is 47.2 Å². The standard InChI is InChI=1S/C25H26N2O6S/c1-31-20-7-10-22(11-8-20)34(29,30)24(19-5-4-14-26-16-19)17-27-25(28)13-6-18-15-21(32-2)9-12-23(18)33-3/h4-16,24H,17H2,1-3H3,(H,27,28)/b13-6+. The minimum atomic E-state index is -3.83. The fourth-order valence-corrected chi connectivity index (χ4v) is 4.93. The zero-order valence-electron chi connectivity index (χ0n) is 19.1. The summed E-state index contributed by atoms with van der Waals surface area (Å²) in [6, 6.07) is 14.7. The highest BCUT2D eigenvalue weighted by molar-refractivity contribution is 7.91. The smallest absolute Gasteiger partial charge is 0.244 e. The third-order valence-electron chi connectivity index (χ3n) is 5.13. The Hall–Kier alpha value is -3.85. The van der Waals surface area contributed by atoms with E-state index < -0.39 is 21.0 Å². The minimum absolute atomic E-state index is 0.119. The molecular weight excluding hydrogens is 456 g/mol. The van der Waals surface area contributed by atoms with Crippen molar-refractivity contribution in [3.8, 4) is 17.2 Å². The van der Waals surface area contributed by atoms with Crippen LogP contribution in [-0.2, 0) is 14.6 Å². The van der Waals surface area contributed by atoms with Gasteiger partial charge in [-0.05, 0) is 60.2 Å². The second-order valence-corrected chi connectivity index (χ2v) is 9.31.